The minimum Gasteiger partial charge on any atom is -0.200 e. The van der Waals surface area contributed by atoms with E-state index in [-0.39, 0.29) is 25.7 Å². The van der Waals surface area contributed by atoms with Crippen LogP contribution in [0, 0.1) is 0 Å². The number of rotatable bonds is 21. The molecule has 0 saturated heterocycles. The van der Waals surface area contributed by atoms with E-state index >= 15 is 0 Å². The largest absolute Gasteiger partial charge is 0.387 e. The van der Waals surface area contributed by atoms with Gasteiger partial charge in [-0.3, -0.25) is 0 Å². The third-order valence-corrected chi connectivity index (χ3v) is 10.2. The Kier molecular flexibility index (Phi) is 16.4. The minimum atomic E-state index is -7.74. The molecule has 2 unspecified atom stereocenters. The van der Waals surface area contributed by atoms with E-state index in [2.05, 4.69) is 0 Å². The van der Waals surface area contributed by atoms with Crippen LogP contribution in [0.5, 0.6) is 0 Å². The molecule has 0 radical (unpaired) electrons. The summed E-state index contributed by atoms with van der Waals surface area (Å²) in [6.07, 6.45) is -7.24. The average molecular weight is 1250 g/mol. The molecule has 0 rings (SSSR count). The maximum atomic E-state index is 14.1. The molecule has 0 aliphatic heterocycles. The predicted octanol–water partition coefficient (Wildman–Crippen LogP) is 14.1. The van der Waals surface area contributed by atoms with Crippen LogP contribution in [0.2, 0.25) is 0 Å². The normalized spacial score (nSPS) is 17.3. The van der Waals surface area contributed by atoms with Gasteiger partial charge >= 0.3 is 67.1 Å². The fourth-order valence-corrected chi connectivity index (χ4v) is 6.37. The molecule has 28 heteroatoms. The van der Waals surface area contributed by atoms with Gasteiger partial charge in [0.05, 0.1) is 0 Å². The standard InChI is InChI=1S/C22H18F24I4/c23-11(24,13(27,28)15(31,32)17(35,36)19(39,40)21(43,44)49)7-9(47)5-3-1-2-4-6-10(48)8-12(25,26)14(29,30)16(33,34)18(37,38)20(41,42)22(45,46)50/h9-10H,1-8H2. The molecule has 0 amide bonds. The summed E-state index contributed by atoms with van der Waals surface area (Å²) in [4.78, 5) is 0. The van der Waals surface area contributed by atoms with Crippen molar-refractivity contribution in [3.8, 4) is 0 Å². The highest BCUT2D eigenvalue weighted by atomic mass is 127. The lowest BCUT2D eigenvalue weighted by Crippen LogP contribution is -2.70. The minimum absolute atomic E-state index is 0.216. The maximum absolute atomic E-state index is 14.1. The van der Waals surface area contributed by atoms with Gasteiger partial charge in [0, 0.05) is 65.9 Å². The van der Waals surface area contributed by atoms with Gasteiger partial charge in [0.2, 0.25) is 0 Å². The molecule has 0 aromatic heterocycles. The van der Waals surface area contributed by atoms with Gasteiger partial charge < -0.3 is 0 Å². The third kappa shape index (κ3) is 9.43. The van der Waals surface area contributed by atoms with Gasteiger partial charge in [-0.1, -0.05) is 70.9 Å². The predicted molar refractivity (Wildman–Crippen MR) is 160 cm³/mol. The van der Waals surface area contributed by atoms with Crippen LogP contribution in [-0.2, 0) is 0 Å². The van der Waals surface area contributed by atoms with E-state index in [1.807, 2.05) is 0 Å². The fourth-order valence-electron chi connectivity index (χ4n) is 3.71. The molecule has 0 nitrogen and oxygen atoms in total. The number of unbranched alkanes of at least 4 members (excludes halogenated alkanes) is 3. The Bertz CT molecular complexity index is 1030. The highest BCUT2D eigenvalue weighted by molar-refractivity contribution is 14.1. The Hall–Kier alpha value is 1.24. The molecule has 0 aromatic rings. The molecule has 0 fully saturated rings. The molecule has 2 atom stereocenters. The second-order valence-electron chi connectivity index (χ2n) is 10.6. The van der Waals surface area contributed by atoms with E-state index in [1.165, 1.54) is 0 Å². The number of halogens is 28. The van der Waals surface area contributed by atoms with Crippen molar-refractivity contribution in [1.82, 2.24) is 0 Å². The molecule has 0 N–H and O–H groups in total. The van der Waals surface area contributed by atoms with Crippen molar-refractivity contribution < 1.29 is 105 Å². The highest BCUT2D eigenvalue weighted by Gasteiger charge is 2.91. The van der Waals surface area contributed by atoms with Crippen molar-refractivity contribution in [3.05, 3.63) is 0 Å². The monoisotopic (exact) mass is 1250 g/mol. The molecule has 0 spiro atoms. The van der Waals surface area contributed by atoms with Gasteiger partial charge in [0.1, 0.15) is 0 Å². The Balaban J connectivity index is 5.31. The van der Waals surface area contributed by atoms with Gasteiger partial charge in [0.15, 0.2) is 0 Å². The van der Waals surface area contributed by atoms with E-state index < -0.39 is 146 Å². The Morgan fingerprint density at radius 1 is 0.300 bits per heavy atom. The quantitative estimate of drug-likeness (QED) is 0.0465. The van der Waals surface area contributed by atoms with Crippen LogP contribution < -0.4 is 0 Å². The highest BCUT2D eigenvalue weighted by Crippen LogP contribution is 2.63. The average Bonchev–Trinajstić information content (AvgIpc) is 2.87. The van der Waals surface area contributed by atoms with E-state index in [4.69, 9.17) is 0 Å². The van der Waals surface area contributed by atoms with Crippen molar-refractivity contribution in [2.45, 2.75) is 126 Å². The Morgan fingerprint density at radius 2 is 0.500 bits per heavy atom. The summed E-state index contributed by atoms with van der Waals surface area (Å²) >= 11 is 0.270. The first-order valence-electron chi connectivity index (χ1n) is 12.7. The number of hydrogen-bond donors (Lipinski definition) is 0. The van der Waals surface area contributed by atoms with E-state index in [1.54, 1.807) is 0 Å². The first kappa shape index (κ1) is 51.2. The molecular formula is C22H18F24I4. The molecule has 0 aliphatic carbocycles. The summed E-state index contributed by atoms with van der Waals surface area (Å²) in [5.41, 5.74) is 0. The van der Waals surface area contributed by atoms with Crippen molar-refractivity contribution in [1.29, 1.82) is 0 Å². The zero-order chi connectivity index (χ0) is 40.8. The molecule has 0 aromatic carbocycles. The Labute approximate surface area is 319 Å². The summed E-state index contributed by atoms with van der Waals surface area (Å²) in [7, 11) is 0. The smallest absolute Gasteiger partial charge is 0.200 e. The molecule has 50 heavy (non-hydrogen) atoms. The van der Waals surface area contributed by atoms with Crippen LogP contribution in [0.15, 0.2) is 0 Å². The third-order valence-electron chi connectivity index (χ3n) is 6.74. The van der Waals surface area contributed by atoms with Crippen LogP contribution in [0.3, 0.4) is 0 Å². The van der Waals surface area contributed by atoms with E-state index in [9.17, 15) is 105 Å². The summed E-state index contributed by atoms with van der Waals surface area (Å²) in [6, 6.07) is 0. The van der Waals surface area contributed by atoms with Gasteiger partial charge in [0.25, 0.3) is 0 Å². The summed E-state index contributed by atoms with van der Waals surface area (Å²) in [5, 5.41) is 0. The molecule has 0 bridgehead atoms. The molecule has 302 valence electrons. The van der Waals surface area contributed by atoms with E-state index in [0.717, 1.165) is 45.2 Å². The molecule has 0 aliphatic rings. The SMILES string of the molecule is FC(F)(I)C(F)(F)C(F)(F)C(F)(F)C(F)(F)C(F)(F)CC(I)CCCCCCC(I)CC(F)(F)C(F)(F)C(F)(F)C(F)(F)C(F)(F)C(F)(F)I. The first-order valence-corrected chi connectivity index (χ1v) is 17.3. The van der Waals surface area contributed by atoms with Gasteiger partial charge in [-0.2, -0.15) is 105 Å². The molecule has 0 heterocycles. The summed E-state index contributed by atoms with van der Waals surface area (Å²) in [5.74, 6) is -72.4. The fraction of sp³-hybridized carbons (Fsp3) is 1.00. The molecule has 0 saturated carbocycles. The van der Waals surface area contributed by atoms with Gasteiger partial charge in [-0.15, -0.1) is 0 Å². The Morgan fingerprint density at radius 3 is 0.700 bits per heavy atom. The van der Waals surface area contributed by atoms with Crippen LogP contribution in [0.1, 0.15) is 51.4 Å². The molecular weight excluding hydrogens is 1230 g/mol. The second-order valence-corrected chi connectivity index (χ2v) is 16.8. The summed E-state index contributed by atoms with van der Waals surface area (Å²) in [6.45, 7) is 0. The first-order chi connectivity index (χ1) is 21.5. The van der Waals surface area contributed by atoms with E-state index in [0.29, 0.717) is 0 Å². The van der Waals surface area contributed by atoms with Crippen LogP contribution in [0.4, 0.5) is 105 Å². The van der Waals surface area contributed by atoms with Gasteiger partial charge in [-0.05, 0) is 12.8 Å². The maximum Gasteiger partial charge on any atom is 0.387 e. The van der Waals surface area contributed by atoms with Crippen LogP contribution in [-0.4, -0.2) is 74.9 Å². The van der Waals surface area contributed by atoms with Gasteiger partial charge in [-0.25, -0.2) is 0 Å². The zero-order valence-electron chi connectivity index (χ0n) is 23.4. The van der Waals surface area contributed by atoms with Crippen molar-refractivity contribution in [2.24, 2.45) is 0 Å². The van der Waals surface area contributed by atoms with Crippen molar-refractivity contribution >= 4 is 90.4 Å². The lowest BCUT2D eigenvalue weighted by molar-refractivity contribution is -0.414. The topological polar surface area (TPSA) is 0 Å². The van der Waals surface area contributed by atoms with Crippen LogP contribution >= 0.6 is 90.4 Å². The summed E-state index contributed by atoms with van der Waals surface area (Å²) < 4.78 is 310. The lowest BCUT2D eigenvalue weighted by Gasteiger charge is -2.40. The van der Waals surface area contributed by atoms with Crippen molar-refractivity contribution in [3.63, 3.8) is 0 Å². The zero-order valence-corrected chi connectivity index (χ0v) is 32.0. The van der Waals surface area contributed by atoms with Crippen molar-refractivity contribution in [2.75, 3.05) is 0 Å². The van der Waals surface area contributed by atoms with Crippen LogP contribution in [0.25, 0.3) is 0 Å². The number of alkyl halides is 28. The number of hydrogen-bond acceptors (Lipinski definition) is 0. The second kappa shape index (κ2) is 16.0. The lowest BCUT2D eigenvalue weighted by atomic mass is 9.91.